The van der Waals surface area contributed by atoms with Gasteiger partial charge >= 0.3 is 5.97 Å². The van der Waals surface area contributed by atoms with E-state index in [1.165, 1.54) is 5.56 Å². The molecule has 2 rings (SSSR count). The van der Waals surface area contributed by atoms with E-state index in [0.29, 0.717) is 19.3 Å². The van der Waals surface area contributed by atoms with E-state index in [4.69, 9.17) is 0 Å². The largest absolute Gasteiger partial charge is 0.481 e. The van der Waals surface area contributed by atoms with Crippen LogP contribution in [0.5, 0.6) is 0 Å². The molecule has 1 fully saturated rings. The lowest BCUT2D eigenvalue weighted by Gasteiger charge is -2.33. The highest BCUT2D eigenvalue weighted by Gasteiger charge is 2.39. The third-order valence-electron chi connectivity index (χ3n) is 4.74. The van der Waals surface area contributed by atoms with Crippen LogP contribution >= 0.6 is 0 Å². The van der Waals surface area contributed by atoms with Crippen LogP contribution in [0.2, 0.25) is 0 Å². The van der Waals surface area contributed by atoms with E-state index < -0.39 is 11.4 Å². The molecule has 1 aromatic rings. The average molecular weight is 303 g/mol. The number of benzene rings is 1. The van der Waals surface area contributed by atoms with Crippen molar-refractivity contribution < 1.29 is 14.7 Å². The average Bonchev–Trinajstić information content (AvgIpc) is 2.54. The second kappa shape index (κ2) is 7.43. The molecule has 0 atom stereocenters. The number of carbonyl (C=O) groups is 2. The Morgan fingerprint density at radius 1 is 1.14 bits per heavy atom. The molecule has 0 aromatic heterocycles. The number of carboxylic acids is 1. The van der Waals surface area contributed by atoms with Gasteiger partial charge in [-0.15, -0.1) is 0 Å². The summed E-state index contributed by atoms with van der Waals surface area (Å²) in [7, 11) is 0. The van der Waals surface area contributed by atoms with Crippen LogP contribution < -0.4 is 5.32 Å². The summed E-state index contributed by atoms with van der Waals surface area (Å²) in [5.74, 6) is -0.867. The van der Waals surface area contributed by atoms with Gasteiger partial charge in [-0.2, -0.15) is 0 Å². The zero-order valence-corrected chi connectivity index (χ0v) is 13.2. The summed E-state index contributed by atoms with van der Waals surface area (Å²) in [5, 5.41) is 12.4. The molecule has 0 unspecified atom stereocenters. The minimum atomic E-state index is -0.776. The number of amides is 1. The Morgan fingerprint density at radius 2 is 1.77 bits per heavy atom. The fourth-order valence-electron chi connectivity index (χ4n) is 3.27. The first-order valence-corrected chi connectivity index (χ1v) is 8.14. The van der Waals surface area contributed by atoms with Crippen molar-refractivity contribution in [3.8, 4) is 0 Å². The van der Waals surface area contributed by atoms with Gasteiger partial charge in [0.25, 0.3) is 0 Å². The fourth-order valence-corrected chi connectivity index (χ4v) is 3.27. The molecule has 120 valence electrons. The van der Waals surface area contributed by atoms with Gasteiger partial charge in [-0.3, -0.25) is 9.59 Å². The molecule has 1 aliphatic rings. The first kappa shape index (κ1) is 16.5. The van der Waals surface area contributed by atoms with Gasteiger partial charge in [-0.25, -0.2) is 0 Å². The molecule has 22 heavy (non-hydrogen) atoms. The van der Waals surface area contributed by atoms with Crippen LogP contribution in [-0.2, 0) is 22.4 Å². The van der Waals surface area contributed by atoms with E-state index in [0.717, 1.165) is 31.2 Å². The highest BCUT2D eigenvalue weighted by atomic mass is 16.4. The van der Waals surface area contributed by atoms with E-state index in [1.807, 2.05) is 24.3 Å². The number of aryl methyl sites for hydroxylation is 1. The van der Waals surface area contributed by atoms with Gasteiger partial charge in [0.05, 0.1) is 11.8 Å². The van der Waals surface area contributed by atoms with Crippen LogP contribution in [0.1, 0.15) is 50.2 Å². The van der Waals surface area contributed by atoms with E-state index in [-0.39, 0.29) is 12.5 Å². The third kappa shape index (κ3) is 3.87. The van der Waals surface area contributed by atoms with Crippen LogP contribution in [-0.4, -0.2) is 23.5 Å². The number of carboxylic acid groups (broad SMARTS) is 1. The van der Waals surface area contributed by atoms with Gasteiger partial charge < -0.3 is 10.4 Å². The molecule has 0 heterocycles. The molecule has 1 aromatic carbocycles. The minimum absolute atomic E-state index is 0.0906. The van der Waals surface area contributed by atoms with Crippen LogP contribution in [0.15, 0.2) is 24.3 Å². The molecule has 4 nitrogen and oxygen atoms in total. The summed E-state index contributed by atoms with van der Waals surface area (Å²) in [4.78, 5) is 23.8. The molecular formula is C18H25NO3. The standard InChI is InChI=1S/C18H25NO3/c1-2-14-8-4-5-9-15(14)12-16(20)19-13-18(17(21)22)10-6-3-7-11-18/h4-5,8-9H,2-3,6-7,10-13H2,1H3,(H,19,20)(H,21,22). The molecule has 0 radical (unpaired) electrons. The Labute approximate surface area is 131 Å². The van der Waals surface area contributed by atoms with Crippen molar-refractivity contribution in [3.05, 3.63) is 35.4 Å². The Morgan fingerprint density at radius 3 is 2.36 bits per heavy atom. The SMILES string of the molecule is CCc1ccccc1CC(=O)NCC1(C(=O)O)CCCCC1. The zero-order valence-electron chi connectivity index (χ0n) is 13.2. The van der Waals surface area contributed by atoms with Gasteiger partial charge in [-0.05, 0) is 30.4 Å². The molecule has 2 N–H and O–H groups in total. The zero-order chi connectivity index (χ0) is 16.0. The van der Waals surface area contributed by atoms with Crippen molar-refractivity contribution in [1.82, 2.24) is 5.32 Å². The number of rotatable bonds is 6. The fraction of sp³-hybridized carbons (Fsp3) is 0.556. The van der Waals surface area contributed by atoms with Gasteiger partial charge in [-0.1, -0.05) is 50.5 Å². The monoisotopic (exact) mass is 303 g/mol. The molecule has 0 bridgehead atoms. The van der Waals surface area contributed by atoms with Crippen LogP contribution in [0.25, 0.3) is 0 Å². The van der Waals surface area contributed by atoms with Gasteiger partial charge in [0.15, 0.2) is 0 Å². The van der Waals surface area contributed by atoms with E-state index in [9.17, 15) is 14.7 Å². The summed E-state index contributed by atoms with van der Waals surface area (Å²) in [6.45, 7) is 2.31. The Bertz CT molecular complexity index is 533. The molecule has 1 saturated carbocycles. The lowest BCUT2D eigenvalue weighted by atomic mass is 9.74. The summed E-state index contributed by atoms with van der Waals surface area (Å²) >= 11 is 0. The highest BCUT2D eigenvalue weighted by Crippen LogP contribution is 2.36. The predicted molar refractivity (Wildman–Crippen MR) is 85.7 cm³/mol. The van der Waals surface area contributed by atoms with E-state index >= 15 is 0 Å². The van der Waals surface area contributed by atoms with E-state index in [2.05, 4.69) is 12.2 Å². The number of aliphatic carboxylic acids is 1. The summed E-state index contributed by atoms with van der Waals surface area (Å²) in [6, 6.07) is 7.90. The maximum atomic E-state index is 12.2. The first-order chi connectivity index (χ1) is 10.6. The molecule has 0 aliphatic heterocycles. The smallest absolute Gasteiger partial charge is 0.311 e. The van der Waals surface area contributed by atoms with E-state index in [1.54, 1.807) is 0 Å². The van der Waals surface area contributed by atoms with Crippen LogP contribution in [0.3, 0.4) is 0 Å². The van der Waals surface area contributed by atoms with Crippen LogP contribution in [0, 0.1) is 5.41 Å². The number of nitrogens with one attached hydrogen (secondary N) is 1. The van der Waals surface area contributed by atoms with Crippen molar-refractivity contribution >= 4 is 11.9 Å². The number of hydrogen-bond acceptors (Lipinski definition) is 2. The number of hydrogen-bond donors (Lipinski definition) is 2. The third-order valence-corrected chi connectivity index (χ3v) is 4.74. The Balaban J connectivity index is 1.95. The minimum Gasteiger partial charge on any atom is -0.481 e. The predicted octanol–water partition coefficient (Wildman–Crippen LogP) is 2.94. The molecule has 1 amide bonds. The van der Waals surface area contributed by atoms with Gasteiger partial charge in [0.1, 0.15) is 0 Å². The number of carbonyl (C=O) groups excluding carboxylic acids is 1. The topological polar surface area (TPSA) is 66.4 Å². The van der Waals surface area contributed by atoms with Crippen molar-refractivity contribution in [2.75, 3.05) is 6.54 Å². The van der Waals surface area contributed by atoms with Crippen molar-refractivity contribution in [2.24, 2.45) is 5.41 Å². The van der Waals surface area contributed by atoms with Gasteiger partial charge in [0, 0.05) is 6.54 Å². The van der Waals surface area contributed by atoms with Crippen molar-refractivity contribution in [3.63, 3.8) is 0 Å². The van der Waals surface area contributed by atoms with Crippen molar-refractivity contribution in [2.45, 2.75) is 51.9 Å². The second-order valence-corrected chi connectivity index (χ2v) is 6.22. The quantitative estimate of drug-likeness (QED) is 0.849. The second-order valence-electron chi connectivity index (χ2n) is 6.22. The molecule has 0 spiro atoms. The maximum Gasteiger partial charge on any atom is 0.311 e. The highest BCUT2D eigenvalue weighted by molar-refractivity contribution is 5.81. The van der Waals surface area contributed by atoms with Crippen molar-refractivity contribution in [1.29, 1.82) is 0 Å². The Kier molecular flexibility index (Phi) is 5.58. The Hall–Kier alpha value is -1.84. The molecule has 1 aliphatic carbocycles. The summed E-state index contributed by atoms with van der Waals surface area (Å²) in [6.07, 6.45) is 5.49. The summed E-state index contributed by atoms with van der Waals surface area (Å²) < 4.78 is 0. The maximum absolute atomic E-state index is 12.2. The summed E-state index contributed by atoms with van der Waals surface area (Å²) in [5.41, 5.74) is 1.43. The molecule has 0 saturated heterocycles. The van der Waals surface area contributed by atoms with Crippen LogP contribution in [0.4, 0.5) is 0 Å². The lowest BCUT2D eigenvalue weighted by Crippen LogP contribution is -2.44. The lowest BCUT2D eigenvalue weighted by molar-refractivity contribution is -0.151. The van der Waals surface area contributed by atoms with Gasteiger partial charge in [0.2, 0.25) is 5.91 Å². The first-order valence-electron chi connectivity index (χ1n) is 8.14. The molecular weight excluding hydrogens is 278 g/mol. The molecule has 4 heteroatoms. The normalized spacial score (nSPS) is 17.0.